The van der Waals surface area contributed by atoms with Gasteiger partial charge in [-0.2, -0.15) is 25.5 Å². The normalized spacial score (nSPS) is 20.0. The zero-order valence-corrected chi connectivity index (χ0v) is 16.5. The van der Waals surface area contributed by atoms with Crippen LogP contribution in [0.4, 0.5) is 5.82 Å². The van der Waals surface area contributed by atoms with E-state index < -0.39 is 5.54 Å². The summed E-state index contributed by atoms with van der Waals surface area (Å²) >= 11 is 0. The van der Waals surface area contributed by atoms with E-state index in [0.717, 1.165) is 22.0 Å². The van der Waals surface area contributed by atoms with Crippen LogP contribution in [0.5, 0.6) is 0 Å². The standard InChI is InChI=1S/C22H17N9/c23-4-3-22(8-14(9-22)10-24)31-28-12-20(30-31)17-6-15(19-11-26-13-21(25)29-19)7-18-16(17)2-1-5-27-18/h1-2,5-7,11-14H,3,8-9H2,(H2,25,29)/t14-,22-. The van der Waals surface area contributed by atoms with Crippen LogP contribution in [0.2, 0.25) is 0 Å². The molecule has 0 spiro atoms. The summed E-state index contributed by atoms with van der Waals surface area (Å²) in [6, 6.07) is 12.2. The van der Waals surface area contributed by atoms with E-state index in [1.54, 1.807) is 23.4 Å². The van der Waals surface area contributed by atoms with Crippen molar-refractivity contribution in [2.24, 2.45) is 5.92 Å². The third-order valence-corrected chi connectivity index (χ3v) is 5.71. The smallest absolute Gasteiger partial charge is 0.142 e. The van der Waals surface area contributed by atoms with E-state index in [0.29, 0.717) is 30.0 Å². The predicted octanol–water partition coefficient (Wildman–Crippen LogP) is 3.08. The SMILES string of the molecule is N#CC[C@]1(n2ncc(-c3cc(-c4cncc(N)n4)cc4ncccc34)n2)C[C@H](C#N)C1. The number of nitrogen functional groups attached to an aromatic ring is 1. The highest BCUT2D eigenvalue weighted by atomic mass is 15.5. The molecule has 1 aliphatic rings. The molecule has 1 fully saturated rings. The molecule has 0 atom stereocenters. The van der Waals surface area contributed by atoms with E-state index in [9.17, 15) is 10.5 Å². The number of benzene rings is 1. The molecule has 1 aliphatic carbocycles. The third-order valence-electron chi connectivity index (χ3n) is 5.71. The van der Waals surface area contributed by atoms with Gasteiger partial charge in [0.2, 0.25) is 0 Å². The molecule has 0 unspecified atom stereocenters. The summed E-state index contributed by atoms with van der Waals surface area (Å²) in [5, 5.41) is 28.6. The molecule has 3 heterocycles. The van der Waals surface area contributed by atoms with E-state index in [2.05, 4.69) is 32.2 Å². The molecule has 0 amide bonds. The van der Waals surface area contributed by atoms with Gasteiger partial charge in [0.1, 0.15) is 11.5 Å². The Labute approximate surface area is 177 Å². The number of pyridine rings is 1. The number of hydrogen-bond donors (Lipinski definition) is 1. The van der Waals surface area contributed by atoms with Crippen molar-refractivity contribution in [3.63, 3.8) is 0 Å². The molecule has 9 heteroatoms. The summed E-state index contributed by atoms with van der Waals surface area (Å²) in [5.74, 6) is 0.264. The number of nitrogens with two attached hydrogens (primary N) is 1. The van der Waals surface area contributed by atoms with Gasteiger partial charge in [-0.05, 0) is 31.0 Å². The van der Waals surface area contributed by atoms with Crippen LogP contribution in [-0.2, 0) is 5.54 Å². The maximum Gasteiger partial charge on any atom is 0.142 e. The van der Waals surface area contributed by atoms with Crippen molar-refractivity contribution in [3.05, 3.63) is 49.1 Å². The fourth-order valence-electron chi connectivity index (χ4n) is 4.15. The van der Waals surface area contributed by atoms with Gasteiger partial charge in [0.05, 0.1) is 59.8 Å². The third kappa shape index (κ3) is 3.13. The number of rotatable bonds is 4. The minimum absolute atomic E-state index is 0.0710. The molecule has 1 saturated carbocycles. The molecule has 5 rings (SSSR count). The van der Waals surface area contributed by atoms with Gasteiger partial charge in [0.15, 0.2) is 0 Å². The Kier molecular flexibility index (Phi) is 4.30. The predicted molar refractivity (Wildman–Crippen MR) is 113 cm³/mol. The van der Waals surface area contributed by atoms with Crippen molar-refractivity contribution < 1.29 is 0 Å². The van der Waals surface area contributed by atoms with Crippen LogP contribution in [0.25, 0.3) is 33.4 Å². The molecule has 2 N–H and O–H groups in total. The largest absolute Gasteiger partial charge is 0.382 e. The average Bonchev–Trinajstić information content (AvgIpc) is 3.25. The van der Waals surface area contributed by atoms with Crippen LogP contribution in [0, 0.1) is 28.6 Å². The van der Waals surface area contributed by atoms with E-state index >= 15 is 0 Å². The van der Waals surface area contributed by atoms with Crippen molar-refractivity contribution >= 4 is 16.7 Å². The average molecular weight is 407 g/mol. The monoisotopic (exact) mass is 407 g/mol. The molecule has 3 aromatic heterocycles. The first-order valence-electron chi connectivity index (χ1n) is 9.78. The van der Waals surface area contributed by atoms with Crippen LogP contribution in [-0.4, -0.2) is 29.9 Å². The van der Waals surface area contributed by atoms with Crippen molar-refractivity contribution in [3.8, 4) is 34.7 Å². The number of fused-ring (bicyclic) bond motifs is 1. The Morgan fingerprint density at radius 1 is 1.16 bits per heavy atom. The molecule has 0 saturated heterocycles. The molecule has 4 aromatic rings. The summed E-state index contributed by atoms with van der Waals surface area (Å²) in [6.07, 6.45) is 7.99. The van der Waals surface area contributed by atoms with E-state index in [-0.39, 0.29) is 12.3 Å². The number of anilines is 1. The summed E-state index contributed by atoms with van der Waals surface area (Å²) in [5.41, 5.74) is 9.03. The van der Waals surface area contributed by atoms with Crippen molar-refractivity contribution in [2.45, 2.75) is 24.8 Å². The van der Waals surface area contributed by atoms with Gasteiger partial charge in [-0.1, -0.05) is 6.07 Å². The molecule has 0 bridgehead atoms. The maximum atomic E-state index is 9.30. The Bertz CT molecular complexity index is 1370. The fraction of sp³-hybridized carbons (Fsp3) is 0.227. The van der Waals surface area contributed by atoms with Crippen molar-refractivity contribution in [1.29, 1.82) is 10.5 Å². The second kappa shape index (κ2) is 7.15. The maximum absolute atomic E-state index is 9.30. The zero-order chi connectivity index (χ0) is 21.4. The van der Waals surface area contributed by atoms with Crippen molar-refractivity contribution in [1.82, 2.24) is 29.9 Å². The summed E-state index contributed by atoms with van der Waals surface area (Å²) in [4.78, 5) is 14.6. The van der Waals surface area contributed by atoms with Gasteiger partial charge in [0, 0.05) is 22.7 Å². The molecule has 1 aromatic carbocycles. The van der Waals surface area contributed by atoms with Crippen LogP contribution < -0.4 is 5.73 Å². The Morgan fingerprint density at radius 3 is 2.81 bits per heavy atom. The summed E-state index contributed by atoms with van der Waals surface area (Å²) in [7, 11) is 0. The first-order chi connectivity index (χ1) is 15.1. The Morgan fingerprint density at radius 2 is 2.03 bits per heavy atom. The number of aromatic nitrogens is 6. The highest BCUT2D eigenvalue weighted by Crippen LogP contribution is 2.45. The number of nitriles is 2. The fourth-order valence-corrected chi connectivity index (χ4v) is 4.15. The van der Waals surface area contributed by atoms with E-state index in [1.807, 2.05) is 24.3 Å². The zero-order valence-electron chi connectivity index (χ0n) is 16.5. The quantitative estimate of drug-likeness (QED) is 0.543. The lowest BCUT2D eigenvalue weighted by molar-refractivity contribution is 0.0713. The van der Waals surface area contributed by atoms with Gasteiger partial charge < -0.3 is 5.73 Å². The lowest BCUT2D eigenvalue weighted by atomic mass is 9.68. The lowest BCUT2D eigenvalue weighted by Gasteiger charge is -2.42. The summed E-state index contributed by atoms with van der Waals surface area (Å²) in [6.45, 7) is 0. The topological polar surface area (TPSA) is 143 Å². The number of hydrogen-bond acceptors (Lipinski definition) is 8. The minimum atomic E-state index is -0.529. The van der Waals surface area contributed by atoms with Crippen LogP contribution in [0.15, 0.2) is 49.1 Å². The highest BCUT2D eigenvalue weighted by molar-refractivity contribution is 5.96. The second-order valence-corrected chi connectivity index (χ2v) is 7.74. The van der Waals surface area contributed by atoms with Gasteiger partial charge >= 0.3 is 0 Å². The first-order valence-corrected chi connectivity index (χ1v) is 9.78. The van der Waals surface area contributed by atoms with E-state index in [4.69, 9.17) is 10.8 Å². The van der Waals surface area contributed by atoms with Gasteiger partial charge in [-0.15, -0.1) is 0 Å². The lowest BCUT2D eigenvalue weighted by Crippen LogP contribution is -2.47. The molecular weight excluding hydrogens is 390 g/mol. The summed E-state index contributed by atoms with van der Waals surface area (Å²) < 4.78 is 0. The molecular formula is C22H17N9. The number of nitrogens with zero attached hydrogens (tertiary/aromatic N) is 8. The molecule has 150 valence electrons. The van der Waals surface area contributed by atoms with Crippen LogP contribution in [0.1, 0.15) is 19.3 Å². The van der Waals surface area contributed by atoms with E-state index in [1.165, 1.54) is 6.20 Å². The van der Waals surface area contributed by atoms with Gasteiger partial charge in [-0.25, -0.2) is 4.98 Å². The second-order valence-electron chi connectivity index (χ2n) is 7.74. The Hall–Kier alpha value is -4.37. The first kappa shape index (κ1) is 18.6. The van der Waals surface area contributed by atoms with Crippen LogP contribution >= 0.6 is 0 Å². The molecule has 0 aliphatic heterocycles. The molecule has 31 heavy (non-hydrogen) atoms. The minimum Gasteiger partial charge on any atom is -0.382 e. The van der Waals surface area contributed by atoms with Gasteiger partial charge in [0.25, 0.3) is 0 Å². The van der Waals surface area contributed by atoms with Crippen LogP contribution in [0.3, 0.4) is 0 Å². The van der Waals surface area contributed by atoms with Crippen molar-refractivity contribution in [2.75, 3.05) is 5.73 Å². The van der Waals surface area contributed by atoms with Gasteiger partial charge in [-0.3, -0.25) is 9.97 Å². The highest BCUT2D eigenvalue weighted by Gasteiger charge is 2.48. The molecule has 0 radical (unpaired) electrons. The Balaban J connectivity index is 1.63. The molecule has 9 nitrogen and oxygen atoms in total.